The SMILES string of the molecule is COC(=O)c1c(N)c(C#N)cn1-c1cc([N+](=O)[O-])ccc1OCC(F)F. The smallest absolute Gasteiger partial charge is 0.357 e. The minimum Gasteiger partial charge on any atom is -0.485 e. The standard InChI is InChI=1S/C15H12F2N4O5/c1-25-15(22)14-13(19)8(5-18)6-20(14)10-4-9(21(23)24)2-3-11(10)26-7-12(16)17/h2-4,6,12H,7,19H2,1H3. The van der Waals surface area contributed by atoms with Crippen LogP contribution in [0.4, 0.5) is 20.2 Å². The first-order chi connectivity index (χ1) is 12.3. The summed E-state index contributed by atoms with van der Waals surface area (Å²) in [6, 6.07) is 4.94. The number of non-ortho nitro benzene ring substituents is 1. The number of alkyl halides is 2. The lowest BCUT2D eigenvalue weighted by atomic mass is 10.2. The maximum Gasteiger partial charge on any atom is 0.357 e. The van der Waals surface area contributed by atoms with E-state index in [9.17, 15) is 23.7 Å². The summed E-state index contributed by atoms with van der Waals surface area (Å²) in [6.07, 6.45) is -1.65. The molecule has 0 spiro atoms. The van der Waals surface area contributed by atoms with Gasteiger partial charge in [0.15, 0.2) is 5.69 Å². The number of anilines is 1. The van der Waals surface area contributed by atoms with E-state index in [4.69, 9.17) is 15.7 Å². The first-order valence-electron chi connectivity index (χ1n) is 6.99. The fourth-order valence-electron chi connectivity index (χ4n) is 2.19. The molecule has 1 heterocycles. The number of nitrogens with zero attached hydrogens (tertiary/aromatic N) is 3. The Labute approximate surface area is 145 Å². The zero-order chi connectivity index (χ0) is 19.4. The third-order valence-electron chi connectivity index (χ3n) is 3.32. The van der Waals surface area contributed by atoms with Gasteiger partial charge in [0.05, 0.1) is 29.0 Å². The molecule has 0 unspecified atom stereocenters. The molecule has 26 heavy (non-hydrogen) atoms. The molecular weight excluding hydrogens is 354 g/mol. The van der Waals surface area contributed by atoms with Crippen molar-refractivity contribution >= 4 is 17.3 Å². The normalized spacial score (nSPS) is 10.4. The third kappa shape index (κ3) is 3.54. The number of nitrogen functional groups attached to an aromatic ring is 1. The van der Waals surface area contributed by atoms with E-state index in [1.807, 2.05) is 0 Å². The number of carbonyl (C=O) groups excluding carboxylic acids is 1. The molecule has 11 heteroatoms. The number of carbonyl (C=O) groups is 1. The van der Waals surface area contributed by atoms with Gasteiger partial charge in [-0.1, -0.05) is 0 Å². The summed E-state index contributed by atoms with van der Waals surface area (Å²) in [5.41, 5.74) is 4.66. The molecule has 0 fully saturated rings. The maximum atomic E-state index is 12.5. The number of hydrogen-bond acceptors (Lipinski definition) is 7. The van der Waals surface area contributed by atoms with E-state index in [-0.39, 0.29) is 34.1 Å². The topological polar surface area (TPSA) is 133 Å². The molecule has 0 amide bonds. The number of nitrogens with two attached hydrogens (primary N) is 1. The molecule has 0 aliphatic carbocycles. The number of esters is 1. The van der Waals surface area contributed by atoms with E-state index in [1.165, 1.54) is 0 Å². The van der Waals surface area contributed by atoms with E-state index >= 15 is 0 Å². The Balaban J connectivity index is 2.72. The number of methoxy groups -OCH3 is 1. The van der Waals surface area contributed by atoms with Crippen molar-refractivity contribution in [1.29, 1.82) is 5.26 Å². The molecule has 0 saturated heterocycles. The van der Waals surface area contributed by atoms with Crippen LogP contribution in [-0.4, -0.2) is 35.6 Å². The first-order valence-corrected chi connectivity index (χ1v) is 6.99. The number of hydrogen-bond donors (Lipinski definition) is 1. The Morgan fingerprint density at radius 3 is 2.73 bits per heavy atom. The molecular formula is C15H12F2N4O5. The zero-order valence-corrected chi connectivity index (χ0v) is 13.3. The van der Waals surface area contributed by atoms with Crippen LogP contribution in [0.25, 0.3) is 5.69 Å². The van der Waals surface area contributed by atoms with Crippen LogP contribution < -0.4 is 10.5 Å². The van der Waals surface area contributed by atoms with Gasteiger partial charge >= 0.3 is 5.97 Å². The van der Waals surface area contributed by atoms with Crippen molar-refractivity contribution in [2.45, 2.75) is 6.43 Å². The number of nitriles is 1. The highest BCUT2D eigenvalue weighted by Crippen LogP contribution is 2.33. The summed E-state index contributed by atoms with van der Waals surface area (Å²) in [6.45, 7) is -0.972. The van der Waals surface area contributed by atoms with Gasteiger partial charge in [-0.05, 0) is 6.07 Å². The van der Waals surface area contributed by atoms with Crippen molar-refractivity contribution in [3.05, 3.63) is 45.8 Å². The molecule has 0 saturated carbocycles. The highest BCUT2D eigenvalue weighted by atomic mass is 19.3. The van der Waals surface area contributed by atoms with Crippen LogP contribution in [0.1, 0.15) is 16.1 Å². The molecule has 2 aromatic rings. The second kappa shape index (κ2) is 7.47. The highest BCUT2D eigenvalue weighted by Gasteiger charge is 2.25. The molecule has 0 bridgehead atoms. The number of ether oxygens (including phenoxy) is 2. The van der Waals surface area contributed by atoms with Crippen LogP contribution in [0, 0.1) is 21.4 Å². The van der Waals surface area contributed by atoms with E-state index in [0.29, 0.717) is 0 Å². The number of halogens is 2. The van der Waals surface area contributed by atoms with Gasteiger partial charge in [0.2, 0.25) is 0 Å². The fourth-order valence-corrected chi connectivity index (χ4v) is 2.19. The lowest BCUT2D eigenvalue weighted by Gasteiger charge is -2.14. The Hall–Kier alpha value is -3.68. The van der Waals surface area contributed by atoms with E-state index < -0.39 is 23.9 Å². The average molecular weight is 366 g/mol. The van der Waals surface area contributed by atoms with Crippen molar-refractivity contribution < 1.29 is 28.0 Å². The van der Waals surface area contributed by atoms with Crippen molar-refractivity contribution in [3.8, 4) is 17.5 Å². The Morgan fingerprint density at radius 2 is 2.19 bits per heavy atom. The highest BCUT2D eigenvalue weighted by molar-refractivity contribution is 5.96. The second-order valence-corrected chi connectivity index (χ2v) is 4.89. The number of rotatable bonds is 6. The number of nitro benzene ring substituents is 1. The van der Waals surface area contributed by atoms with Crippen molar-refractivity contribution in [2.24, 2.45) is 0 Å². The number of aromatic nitrogens is 1. The summed E-state index contributed by atoms with van der Waals surface area (Å²) in [4.78, 5) is 22.3. The van der Waals surface area contributed by atoms with Gasteiger partial charge in [-0.2, -0.15) is 5.26 Å². The molecule has 1 aromatic heterocycles. The molecule has 0 radical (unpaired) electrons. The molecule has 0 aliphatic rings. The first kappa shape index (κ1) is 18.7. The van der Waals surface area contributed by atoms with Crippen molar-refractivity contribution in [1.82, 2.24) is 4.57 Å². The maximum absolute atomic E-state index is 12.5. The zero-order valence-electron chi connectivity index (χ0n) is 13.3. The minimum atomic E-state index is -2.79. The largest absolute Gasteiger partial charge is 0.485 e. The predicted octanol–water partition coefficient (Wildman–Crippen LogP) is 2.27. The van der Waals surface area contributed by atoms with Gasteiger partial charge in [0, 0.05) is 18.3 Å². The van der Waals surface area contributed by atoms with Gasteiger partial charge in [0.25, 0.3) is 12.1 Å². The summed E-state index contributed by atoms with van der Waals surface area (Å²) >= 11 is 0. The summed E-state index contributed by atoms with van der Waals surface area (Å²) in [5.74, 6) is -1.09. The fraction of sp³-hybridized carbons (Fsp3) is 0.200. The van der Waals surface area contributed by atoms with Crippen LogP contribution >= 0.6 is 0 Å². The molecule has 1 aromatic carbocycles. The van der Waals surface area contributed by atoms with Gasteiger partial charge in [-0.3, -0.25) is 10.1 Å². The van der Waals surface area contributed by atoms with E-state index in [2.05, 4.69) is 4.74 Å². The minimum absolute atomic E-state index is 0.100. The Bertz CT molecular complexity index is 904. The van der Waals surface area contributed by atoms with Gasteiger partial charge in [0.1, 0.15) is 18.4 Å². The monoisotopic (exact) mass is 366 g/mol. The quantitative estimate of drug-likeness (QED) is 0.471. The van der Waals surface area contributed by atoms with Crippen LogP contribution in [0.5, 0.6) is 5.75 Å². The van der Waals surface area contributed by atoms with Crippen molar-refractivity contribution in [3.63, 3.8) is 0 Å². The predicted molar refractivity (Wildman–Crippen MR) is 84.4 cm³/mol. The second-order valence-electron chi connectivity index (χ2n) is 4.89. The molecule has 0 atom stereocenters. The lowest BCUT2D eigenvalue weighted by molar-refractivity contribution is -0.384. The van der Waals surface area contributed by atoms with Gasteiger partial charge in [-0.15, -0.1) is 0 Å². The molecule has 136 valence electrons. The van der Waals surface area contributed by atoms with Crippen molar-refractivity contribution in [2.75, 3.05) is 19.5 Å². The third-order valence-corrected chi connectivity index (χ3v) is 3.32. The molecule has 9 nitrogen and oxygen atoms in total. The van der Waals surface area contributed by atoms with Gasteiger partial charge < -0.3 is 19.8 Å². The van der Waals surface area contributed by atoms with E-state index in [1.54, 1.807) is 6.07 Å². The van der Waals surface area contributed by atoms with Crippen LogP contribution in [0.15, 0.2) is 24.4 Å². The molecule has 0 aliphatic heterocycles. The summed E-state index contributed by atoms with van der Waals surface area (Å²) in [7, 11) is 1.08. The Morgan fingerprint density at radius 1 is 1.50 bits per heavy atom. The molecule has 2 rings (SSSR count). The van der Waals surface area contributed by atoms with Crippen LogP contribution in [0.2, 0.25) is 0 Å². The van der Waals surface area contributed by atoms with Crippen LogP contribution in [0.3, 0.4) is 0 Å². The number of benzene rings is 1. The lowest BCUT2D eigenvalue weighted by Crippen LogP contribution is -2.13. The van der Waals surface area contributed by atoms with Gasteiger partial charge in [-0.25, -0.2) is 13.6 Å². The summed E-state index contributed by atoms with van der Waals surface area (Å²) in [5, 5.41) is 20.1. The van der Waals surface area contributed by atoms with Crippen LogP contribution in [-0.2, 0) is 4.74 Å². The average Bonchev–Trinajstić information content (AvgIpc) is 2.95. The Kier molecular flexibility index (Phi) is 5.36. The number of nitro groups is 1. The molecule has 2 N–H and O–H groups in total. The summed E-state index contributed by atoms with van der Waals surface area (Å²) < 4.78 is 35.6. The van der Waals surface area contributed by atoms with E-state index in [0.717, 1.165) is 36.1 Å².